The van der Waals surface area contributed by atoms with Gasteiger partial charge in [0.05, 0.1) is 18.8 Å². The molecule has 5 heteroatoms. The number of hydrogen-bond donors (Lipinski definition) is 1. The molecular weight excluding hydrogens is 350 g/mol. The second kappa shape index (κ2) is 7.71. The van der Waals surface area contributed by atoms with Gasteiger partial charge in [-0.1, -0.05) is 30.3 Å². The number of hydrogen-bond acceptors (Lipinski definition) is 4. The predicted octanol–water partition coefficient (Wildman–Crippen LogP) is 4.10. The Kier molecular flexibility index (Phi) is 4.96. The summed E-state index contributed by atoms with van der Waals surface area (Å²) in [7, 11) is 0. The van der Waals surface area contributed by atoms with Crippen LogP contribution in [0.4, 0.5) is 5.69 Å². The van der Waals surface area contributed by atoms with Gasteiger partial charge in [-0.15, -0.1) is 0 Å². The number of benzene rings is 2. The van der Waals surface area contributed by atoms with Crippen LogP contribution < -0.4 is 4.90 Å². The second-order valence-electron chi connectivity index (χ2n) is 6.86. The lowest BCUT2D eigenvalue weighted by molar-refractivity contribution is 0.104. The zero-order valence-corrected chi connectivity index (χ0v) is 15.7. The molecule has 0 atom stereocenters. The fourth-order valence-electron chi connectivity index (χ4n) is 3.62. The van der Waals surface area contributed by atoms with Crippen LogP contribution in [0.2, 0.25) is 0 Å². The zero-order valence-electron chi connectivity index (χ0n) is 15.7. The van der Waals surface area contributed by atoms with Crippen LogP contribution in [0.5, 0.6) is 0 Å². The highest BCUT2D eigenvalue weighted by Gasteiger charge is 2.19. The first-order valence-electron chi connectivity index (χ1n) is 9.34. The first-order chi connectivity index (χ1) is 13.7. The van der Waals surface area contributed by atoms with Crippen molar-refractivity contribution in [2.24, 2.45) is 0 Å². The summed E-state index contributed by atoms with van der Waals surface area (Å²) in [5.74, 6) is -0.255. The van der Waals surface area contributed by atoms with E-state index in [4.69, 9.17) is 4.74 Å². The van der Waals surface area contributed by atoms with E-state index in [1.165, 1.54) is 0 Å². The predicted molar refractivity (Wildman–Crippen MR) is 110 cm³/mol. The fourth-order valence-corrected chi connectivity index (χ4v) is 3.62. The summed E-state index contributed by atoms with van der Waals surface area (Å²) in [6.45, 7) is 5.07. The maximum absolute atomic E-state index is 13.1. The Labute approximate surface area is 163 Å². The molecule has 3 aromatic rings. The number of fused-ring (bicyclic) bond motifs is 1. The number of morpholine rings is 1. The fraction of sp³-hybridized carbons (Fsp3) is 0.217. The summed E-state index contributed by atoms with van der Waals surface area (Å²) in [6.07, 6.45) is 1.66. The highest BCUT2D eigenvalue weighted by Crippen LogP contribution is 2.25. The summed E-state index contributed by atoms with van der Waals surface area (Å²) in [6, 6.07) is 17.7. The normalized spacial score (nSPS) is 14.9. The number of anilines is 1. The van der Waals surface area contributed by atoms with E-state index in [1.807, 2.05) is 55.5 Å². The molecule has 1 N–H and O–H groups in total. The molecule has 28 heavy (non-hydrogen) atoms. The number of H-pyrrole nitrogens is 1. The highest BCUT2D eigenvalue weighted by molar-refractivity contribution is 6.20. The van der Waals surface area contributed by atoms with Crippen LogP contribution in [0.15, 0.2) is 54.1 Å². The van der Waals surface area contributed by atoms with Crippen LogP contribution in [0, 0.1) is 18.3 Å². The Bertz CT molecular complexity index is 1080. The van der Waals surface area contributed by atoms with Gasteiger partial charge < -0.3 is 14.6 Å². The third kappa shape index (κ3) is 3.42. The molecule has 0 bridgehead atoms. The van der Waals surface area contributed by atoms with Crippen LogP contribution in [0.25, 0.3) is 17.0 Å². The number of aryl methyl sites for hydroxylation is 1. The van der Waals surface area contributed by atoms with E-state index < -0.39 is 0 Å². The number of carbonyl (C=O) groups excluding carboxylic acids is 1. The summed E-state index contributed by atoms with van der Waals surface area (Å²) in [4.78, 5) is 18.5. The topological polar surface area (TPSA) is 69.1 Å². The van der Waals surface area contributed by atoms with Crippen molar-refractivity contribution in [3.05, 3.63) is 70.9 Å². The lowest BCUT2D eigenvalue weighted by Gasteiger charge is -2.28. The van der Waals surface area contributed by atoms with Gasteiger partial charge in [-0.25, -0.2) is 0 Å². The number of nitriles is 1. The van der Waals surface area contributed by atoms with E-state index in [1.54, 1.807) is 6.08 Å². The number of aromatic amines is 1. The van der Waals surface area contributed by atoms with Crippen LogP contribution in [0.1, 0.15) is 21.6 Å². The molecule has 2 heterocycles. The minimum absolute atomic E-state index is 0.131. The highest BCUT2D eigenvalue weighted by atomic mass is 16.5. The van der Waals surface area contributed by atoms with E-state index in [0.29, 0.717) is 5.56 Å². The summed E-state index contributed by atoms with van der Waals surface area (Å²) in [5.41, 5.74) is 4.32. The van der Waals surface area contributed by atoms with E-state index in [9.17, 15) is 10.1 Å². The van der Waals surface area contributed by atoms with Gasteiger partial charge in [0.1, 0.15) is 11.6 Å². The number of Topliss-reactive ketones (excluding diaryl/α,β-unsaturated/α-hetero) is 1. The van der Waals surface area contributed by atoms with Crippen molar-refractivity contribution in [3.8, 4) is 6.07 Å². The molecule has 1 saturated heterocycles. The molecule has 4 rings (SSSR count). The van der Waals surface area contributed by atoms with Crippen molar-refractivity contribution in [2.45, 2.75) is 6.92 Å². The van der Waals surface area contributed by atoms with E-state index in [2.05, 4.69) is 16.0 Å². The molecular formula is C23H21N3O2. The van der Waals surface area contributed by atoms with Gasteiger partial charge in [0, 0.05) is 35.4 Å². The number of ketones is 1. The first kappa shape index (κ1) is 18.0. The van der Waals surface area contributed by atoms with Gasteiger partial charge >= 0.3 is 0 Å². The van der Waals surface area contributed by atoms with Crippen molar-refractivity contribution in [1.82, 2.24) is 4.98 Å². The maximum atomic E-state index is 13.1. The second-order valence-corrected chi connectivity index (χ2v) is 6.86. The molecule has 0 radical (unpaired) electrons. The van der Waals surface area contributed by atoms with Crippen molar-refractivity contribution in [2.75, 3.05) is 31.2 Å². The summed E-state index contributed by atoms with van der Waals surface area (Å²) >= 11 is 0. The minimum atomic E-state index is -0.255. The van der Waals surface area contributed by atoms with Crippen LogP contribution >= 0.6 is 0 Å². The van der Waals surface area contributed by atoms with Crippen molar-refractivity contribution in [3.63, 3.8) is 0 Å². The molecule has 0 unspecified atom stereocenters. The van der Waals surface area contributed by atoms with Crippen LogP contribution in [-0.2, 0) is 4.74 Å². The first-order valence-corrected chi connectivity index (χ1v) is 9.34. The van der Waals surface area contributed by atoms with Crippen molar-refractivity contribution in [1.29, 1.82) is 5.26 Å². The Morgan fingerprint density at radius 1 is 1.14 bits per heavy atom. The van der Waals surface area contributed by atoms with Gasteiger partial charge in [0.15, 0.2) is 0 Å². The number of aromatic nitrogens is 1. The van der Waals surface area contributed by atoms with Gasteiger partial charge in [0.25, 0.3) is 0 Å². The van der Waals surface area contributed by atoms with E-state index in [-0.39, 0.29) is 11.4 Å². The molecule has 1 aliphatic rings. The minimum Gasteiger partial charge on any atom is -0.378 e. The lowest BCUT2D eigenvalue weighted by Crippen LogP contribution is -2.36. The molecule has 1 fully saturated rings. The smallest absolute Gasteiger partial charge is 0.205 e. The molecule has 0 spiro atoms. The summed E-state index contributed by atoms with van der Waals surface area (Å²) in [5, 5.41) is 10.4. The van der Waals surface area contributed by atoms with Crippen molar-refractivity contribution >= 4 is 28.4 Å². The zero-order chi connectivity index (χ0) is 19.5. The van der Waals surface area contributed by atoms with Gasteiger partial charge in [-0.2, -0.15) is 5.26 Å². The Morgan fingerprint density at radius 3 is 2.57 bits per heavy atom. The third-order valence-electron chi connectivity index (χ3n) is 5.07. The van der Waals surface area contributed by atoms with Gasteiger partial charge in [0.2, 0.25) is 5.78 Å². The quantitative estimate of drug-likeness (QED) is 0.426. The van der Waals surface area contributed by atoms with Gasteiger partial charge in [-0.3, -0.25) is 4.79 Å². The van der Waals surface area contributed by atoms with E-state index in [0.717, 1.165) is 54.2 Å². The number of ether oxygens (including phenoxy) is 1. The monoisotopic (exact) mass is 371 g/mol. The molecule has 1 aromatic heterocycles. The Hall–Kier alpha value is -3.36. The molecule has 0 saturated carbocycles. The molecule has 5 nitrogen and oxygen atoms in total. The number of allylic oxidation sites excluding steroid dienone is 1. The maximum Gasteiger partial charge on any atom is 0.205 e. The Morgan fingerprint density at radius 2 is 1.86 bits per heavy atom. The Balaban J connectivity index is 1.63. The number of nitrogens with zero attached hydrogens (tertiary/aromatic N) is 2. The molecule has 2 aromatic carbocycles. The third-order valence-corrected chi connectivity index (χ3v) is 5.07. The summed E-state index contributed by atoms with van der Waals surface area (Å²) < 4.78 is 5.39. The molecule has 140 valence electrons. The molecule has 0 amide bonds. The number of nitrogens with one attached hydrogen (secondary N) is 1. The lowest BCUT2D eigenvalue weighted by atomic mass is 9.99. The number of rotatable bonds is 4. The average molecular weight is 371 g/mol. The van der Waals surface area contributed by atoms with Crippen LogP contribution in [-0.4, -0.2) is 37.1 Å². The average Bonchev–Trinajstić information content (AvgIpc) is 3.08. The number of carbonyl (C=O) groups is 1. The standard InChI is InChI=1S/C23H21N3O2/c1-16-22(20-4-2-3-5-21(20)25-16)23(27)18(15-24)14-17-6-8-19(9-7-17)26-10-12-28-13-11-26/h2-9,14,25H,10-13H2,1H3. The number of para-hydroxylation sites is 1. The van der Waals surface area contributed by atoms with Crippen LogP contribution in [0.3, 0.4) is 0 Å². The molecule has 0 aliphatic carbocycles. The van der Waals surface area contributed by atoms with Gasteiger partial charge in [-0.05, 0) is 36.8 Å². The molecule has 1 aliphatic heterocycles. The van der Waals surface area contributed by atoms with E-state index >= 15 is 0 Å². The van der Waals surface area contributed by atoms with Crippen molar-refractivity contribution < 1.29 is 9.53 Å². The largest absolute Gasteiger partial charge is 0.378 e. The SMILES string of the molecule is Cc1[nH]c2ccccc2c1C(=O)C(C#N)=Cc1ccc(N2CCOCC2)cc1.